The van der Waals surface area contributed by atoms with E-state index in [0.29, 0.717) is 6.54 Å². The van der Waals surface area contributed by atoms with Crippen LogP contribution in [0.4, 0.5) is 5.69 Å². The van der Waals surface area contributed by atoms with Crippen molar-refractivity contribution >= 4 is 17.7 Å². The maximum atomic E-state index is 12.5. The van der Waals surface area contributed by atoms with Crippen LogP contribution in [0, 0.1) is 13.8 Å². The van der Waals surface area contributed by atoms with E-state index in [-0.39, 0.29) is 5.91 Å². The van der Waals surface area contributed by atoms with Gasteiger partial charge in [0, 0.05) is 38.4 Å². The lowest BCUT2D eigenvalue weighted by molar-refractivity contribution is -0.130. The lowest BCUT2D eigenvalue weighted by Crippen LogP contribution is -2.50. The Kier molecular flexibility index (Phi) is 6.66. The number of benzene rings is 2. The third kappa shape index (κ3) is 5.69. The first-order valence-corrected chi connectivity index (χ1v) is 9.64. The van der Waals surface area contributed by atoms with E-state index in [9.17, 15) is 4.79 Å². The first kappa shape index (κ1) is 19.2. The number of hydrogen-bond donors (Lipinski definition) is 1. The summed E-state index contributed by atoms with van der Waals surface area (Å²) in [6.45, 7) is 8.88. The van der Waals surface area contributed by atoms with Crippen LogP contribution >= 0.6 is 0 Å². The van der Waals surface area contributed by atoms with Crippen molar-refractivity contribution in [2.45, 2.75) is 13.8 Å². The Bertz CT molecular complexity index is 777. The van der Waals surface area contributed by atoms with Crippen molar-refractivity contribution in [3.63, 3.8) is 0 Å². The summed E-state index contributed by atoms with van der Waals surface area (Å²) in [5.74, 6) is 0.175. The van der Waals surface area contributed by atoms with Crippen LogP contribution in [0.1, 0.15) is 16.7 Å². The molecule has 1 aliphatic rings. The molecule has 0 saturated carbocycles. The van der Waals surface area contributed by atoms with Crippen molar-refractivity contribution < 1.29 is 4.79 Å². The minimum absolute atomic E-state index is 0.175. The predicted molar refractivity (Wildman–Crippen MR) is 113 cm³/mol. The zero-order valence-electron chi connectivity index (χ0n) is 16.3. The van der Waals surface area contributed by atoms with Gasteiger partial charge < -0.3 is 10.2 Å². The molecule has 0 aromatic heterocycles. The van der Waals surface area contributed by atoms with Gasteiger partial charge >= 0.3 is 0 Å². The van der Waals surface area contributed by atoms with Gasteiger partial charge in [-0.1, -0.05) is 60.2 Å². The summed E-state index contributed by atoms with van der Waals surface area (Å²) in [7, 11) is 0. The third-order valence-electron chi connectivity index (χ3n) is 5.01. The van der Waals surface area contributed by atoms with E-state index in [1.165, 1.54) is 16.7 Å². The second kappa shape index (κ2) is 9.38. The largest absolute Gasteiger partial charge is 0.376 e. The van der Waals surface area contributed by atoms with Gasteiger partial charge in [-0.2, -0.15) is 0 Å². The number of carbonyl (C=O) groups is 1. The molecule has 1 fully saturated rings. The molecule has 1 amide bonds. The number of amides is 1. The summed E-state index contributed by atoms with van der Waals surface area (Å²) in [4.78, 5) is 16.8. The third-order valence-corrected chi connectivity index (χ3v) is 5.01. The number of rotatable bonds is 6. The number of carbonyl (C=O) groups excluding carboxylic acids is 1. The summed E-state index contributed by atoms with van der Waals surface area (Å²) >= 11 is 0. The Hall–Kier alpha value is -2.59. The van der Waals surface area contributed by atoms with E-state index in [4.69, 9.17) is 0 Å². The van der Waals surface area contributed by atoms with Gasteiger partial charge in [0.15, 0.2) is 0 Å². The van der Waals surface area contributed by atoms with Gasteiger partial charge in [0.2, 0.25) is 5.91 Å². The second-order valence-electron chi connectivity index (χ2n) is 7.17. The average molecular weight is 364 g/mol. The summed E-state index contributed by atoms with van der Waals surface area (Å²) < 4.78 is 0. The quantitative estimate of drug-likeness (QED) is 0.852. The highest BCUT2D eigenvalue weighted by atomic mass is 16.2. The van der Waals surface area contributed by atoms with Crippen molar-refractivity contribution in [3.8, 4) is 0 Å². The number of nitrogens with zero attached hydrogens (tertiary/aromatic N) is 2. The zero-order chi connectivity index (χ0) is 19.1. The van der Waals surface area contributed by atoms with E-state index < -0.39 is 0 Å². The second-order valence-corrected chi connectivity index (χ2v) is 7.17. The predicted octanol–water partition coefficient (Wildman–Crippen LogP) is 3.57. The molecule has 4 heteroatoms. The monoisotopic (exact) mass is 363 g/mol. The van der Waals surface area contributed by atoms with Gasteiger partial charge in [-0.25, -0.2) is 0 Å². The molecule has 0 bridgehead atoms. The van der Waals surface area contributed by atoms with Gasteiger partial charge in [0.05, 0.1) is 6.54 Å². The summed E-state index contributed by atoms with van der Waals surface area (Å²) in [6.07, 6.45) is 4.36. The fraction of sp³-hybridized carbons (Fsp3) is 0.348. The molecule has 0 atom stereocenters. The molecule has 2 aromatic rings. The van der Waals surface area contributed by atoms with Crippen LogP contribution in [0.5, 0.6) is 0 Å². The standard InChI is InChI=1S/C23H29N3O/c1-19-10-11-22(20(2)17-19)24-18-23(27)26-15-13-25(14-16-26)12-6-9-21-7-4-3-5-8-21/h3-11,17,24H,12-16,18H2,1-2H3/b9-6+. The maximum Gasteiger partial charge on any atom is 0.241 e. The van der Waals surface area contributed by atoms with Gasteiger partial charge in [-0.05, 0) is 31.0 Å². The van der Waals surface area contributed by atoms with Crippen molar-refractivity contribution in [2.75, 3.05) is 44.6 Å². The molecule has 3 rings (SSSR count). The lowest BCUT2D eigenvalue weighted by atomic mass is 10.1. The first-order chi connectivity index (χ1) is 13.1. The van der Waals surface area contributed by atoms with Crippen LogP contribution in [0.3, 0.4) is 0 Å². The number of anilines is 1. The van der Waals surface area contributed by atoms with Gasteiger partial charge in [0.25, 0.3) is 0 Å². The van der Waals surface area contributed by atoms with Crippen LogP contribution in [-0.4, -0.2) is 55.0 Å². The average Bonchev–Trinajstić information content (AvgIpc) is 2.68. The summed E-state index contributed by atoms with van der Waals surface area (Å²) in [5.41, 5.74) is 4.68. The van der Waals surface area contributed by atoms with E-state index in [2.05, 4.69) is 78.7 Å². The molecule has 0 spiro atoms. The highest BCUT2D eigenvalue weighted by molar-refractivity contribution is 5.81. The Morgan fingerprint density at radius 1 is 1.04 bits per heavy atom. The fourth-order valence-corrected chi connectivity index (χ4v) is 3.38. The Labute approximate surface area is 162 Å². The minimum Gasteiger partial charge on any atom is -0.376 e. The highest BCUT2D eigenvalue weighted by Gasteiger charge is 2.20. The van der Waals surface area contributed by atoms with Crippen LogP contribution in [0.2, 0.25) is 0 Å². The van der Waals surface area contributed by atoms with E-state index in [1.807, 2.05) is 11.0 Å². The maximum absolute atomic E-state index is 12.5. The molecule has 4 nitrogen and oxygen atoms in total. The molecular weight excluding hydrogens is 334 g/mol. The fourth-order valence-electron chi connectivity index (χ4n) is 3.38. The SMILES string of the molecule is Cc1ccc(NCC(=O)N2CCN(C/C=C/c3ccccc3)CC2)c(C)c1. The molecule has 1 heterocycles. The number of piperazine rings is 1. The molecule has 0 unspecified atom stereocenters. The highest BCUT2D eigenvalue weighted by Crippen LogP contribution is 2.16. The van der Waals surface area contributed by atoms with Gasteiger partial charge in [0.1, 0.15) is 0 Å². The van der Waals surface area contributed by atoms with Gasteiger partial charge in [-0.3, -0.25) is 9.69 Å². The summed E-state index contributed by atoms with van der Waals surface area (Å²) in [6, 6.07) is 16.6. The molecule has 0 radical (unpaired) electrons. The van der Waals surface area contributed by atoms with E-state index >= 15 is 0 Å². The molecule has 1 aliphatic heterocycles. The van der Waals surface area contributed by atoms with E-state index in [0.717, 1.165) is 38.4 Å². The van der Waals surface area contributed by atoms with Crippen LogP contribution in [0.15, 0.2) is 54.6 Å². The topological polar surface area (TPSA) is 35.6 Å². The summed E-state index contributed by atoms with van der Waals surface area (Å²) in [5, 5.41) is 3.28. The normalized spacial score (nSPS) is 15.3. The number of aryl methyl sites for hydroxylation is 2. The number of hydrogen-bond acceptors (Lipinski definition) is 3. The Balaban J connectivity index is 1.40. The molecule has 2 aromatic carbocycles. The Morgan fingerprint density at radius 3 is 2.48 bits per heavy atom. The molecule has 142 valence electrons. The van der Waals surface area contributed by atoms with Crippen LogP contribution in [0.25, 0.3) is 6.08 Å². The van der Waals surface area contributed by atoms with Crippen LogP contribution < -0.4 is 5.32 Å². The molecular formula is C23H29N3O. The zero-order valence-corrected chi connectivity index (χ0v) is 16.3. The molecule has 27 heavy (non-hydrogen) atoms. The van der Waals surface area contributed by atoms with Gasteiger partial charge in [-0.15, -0.1) is 0 Å². The smallest absolute Gasteiger partial charge is 0.241 e. The minimum atomic E-state index is 0.175. The molecule has 1 saturated heterocycles. The van der Waals surface area contributed by atoms with E-state index in [1.54, 1.807) is 0 Å². The Morgan fingerprint density at radius 2 is 1.78 bits per heavy atom. The lowest BCUT2D eigenvalue weighted by Gasteiger charge is -2.34. The van der Waals surface area contributed by atoms with Crippen molar-refractivity contribution in [1.29, 1.82) is 0 Å². The van der Waals surface area contributed by atoms with Crippen molar-refractivity contribution in [3.05, 3.63) is 71.3 Å². The van der Waals surface area contributed by atoms with Crippen molar-refractivity contribution in [1.82, 2.24) is 9.80 Å². The van der Waals surface area contributed by atoms with Crippen molar-refractivity contribution in [2.24, 2.45) is 0 Å². The van der Waals surface area contributed by atoms with Crippen LogP contribution in [-0.2, 0) is 4.79 Å². The molecule has 1 N–H and O–H groups in total. The number of nitrogens with one attached hydrogen (secondary N) is 1. The first-order valence-electron chi connectivity index (χ1n) is 9.64. The molecule has 0 aliphatic carbocycles.